The average molecular weight is 389 g/mol. The first-order valence-electron chi connectivity index (χ1n) is 7.92. The third-order valence-electron chi connectivity index (χ3n) is 3.90. The molecule has 0 aliphatic carbocycles. The Morgan fingerprint density at radius 2 is 2.04 bits per heavy atom. The van der Waals surface area contributed by atoms with Crippen LogP contribution in [-0.4, -0.2) is 46.3 Å². The van der Waals surface area contributed by atoms with Gasteiger partial charge < -0.3 is 15.2 Å². The van der Waals surface area contributed by atoms with E-state index in [4.69, 9.17) is 27.9 Å². The number of nitrogens with zero attached hydrogens (tertiary/aromatic N) is 1. The van der Waals surface area contributed by atoms with Gasteiger partial charge in [0, 0.05) is 29.7 Å². The summed E-state index contributed by atoms with van der Waals surface area (Å²) in [5.74, 6) is -1.09. The molecular weight excluding hydrogens is 367 g/mol. The van der Waals surface area contributed by atoms with Crippen LogP contribution in [0, 0.1) is 0 Å². The van der Waals surface area contributed by atoms with Crippen molar-refractivity contribution in [3.63, 3.8) is 0 Å². The van der Waals surface area contributed by atoms with Crippen LogP contribution in [-0.2, 0) is 16.1 Å². The van der Waals surface area contributed by atoms with Crippen LogP contribution in [0.15, 0.2) is 18.2 Å². The largest absolute Gasteiger partial charge is 0.479 e. The van der Waals surface area contributed by atoms with Gasteiger partial charge in [0.05, 0.1) is 0 Å². The molecule has 138 valence electrons. The van der Waals surface area contributed by atoms with E-state index >= 15 is 0 Å². The monoisotopic (exact) mass is 388 g/mol. The van der Waals surface area contributed by atoms with Crippen molar-refractivity contribution < 1.29 is 19.4 Å². The SMILES string of the molecule is CC(C)(C)OC(=O)NC1(C(=O)O)CCN(Cc2cc(Cl)ccc2Cl)C1. The van der Waals surface area contributed by atoms with E-state index in [0.29, 0.717) is 23.1 Å². The quantitative estimate of drug-likeness (QED) is 0.824. The van der Waals surface area contributed by atoms with E-state index < -0.39 is 23.2 Å². The number of alkyl carbamates (subject to hydrolysis) is 1. The van der Waals surface area contributed by atoms with Crippen LogP contribution in [0.5, 0.6) is 0 Å². The van der Waals surface area contributed by atoms with Gasteiger partial charge >= 0.3 is 12.1 Å². The number of carboxylic acid groups (broad SMARTS) is 1. The van der Waals surface area contributed by atoms with Crippen molar-refractivity contribution in [2.24, 2.45) is 0 Å². The first kappa shape index (κ1) is 19.8. The topological polar surface area (TPSA) is 78.9 Å². The lowest BCUT2D eigenvalue weighted by molar-refractivity contribution is -0.144. The van der Waals surface area contributed by atoms with Crippen LogP contribution in [0.2, 0.25) is 10.0 Å². The molecule has 8 heteroatoms. The number of carboxylic acids is 1. The molecule has 0 saturated carbocycles. The number of carbonyl (C=O) groups is 2. The molecule has 0 aromatic heterocycles. The molecule has 0 spiro atoms. The van der Waals surface area contributed by atoms with Gasteiger partial charge in [0.15, 0.2) is 5.54 Å². The zero-order valence-electron chi connectivity index (χ0n) is 14.4. The van der Waals surface area contributed by atoms with Crippen LogP contribution in [0.3, 0.4) is 0 Å². The standard InChI is InChI=1S/C17H22Cl2N2O4/c1-16(2,3)25-15(24)20-17(14(22)23)6-7-21(10-17)9-11-8-12(18)4-5-13(11)19/h4-5,8H,6-7,9-10H2,1-3H3,(H,20,24)(H,22,23). The molecule has 0 bridgehead atoms. The smallest absolute Gasteiger partial charge is 0.408 e. The number of halogens is 2. The van der Waals surface area contributed by atoms with E-state index in [2.05, 4.69) is 5.32 Å². The summed E-state index contributed by atoms with van der Waals surface area (Å²) in [5, 5.41) is 13.3. The highest BCUT2D eigenvalue weighted by Crippen LogP contribution is 2.27. The second-order valence-electron chi connectivity index (χ2n) is 7.21. The Bertz CT molecular complexity index is 675. The first-order chi connectivity index (χ1) is 11.5. The third kappa shape index (κ3) is 5.23. The van der Waals surface area contributed by atoms with E-state index in [9.17, 15) is 14.7 Å². The summed E-state index contributed by atoms with van der Waals surface area (Å²) in [6.07, 6.45) is -0.461. The number of hydrogen-bond acceptors (Lipinski definition) is 4. The Morgan fingerprint density at radius 3 is 2.64 bits per heavy atom. The number of carbonyl (C=O) groups excluding carboxylic acids is 1. The molecule has 0 radical (unpaired) electrons. The number of nitrogens with one attached hydrogen (secondary N) is 1. The van der Waals surface area contributed by atoms with Crippen molar-refractivity contribution in [2.75, 3.05) is 13.1 Å². The van der Waals surface area contributed by atoms with Gasteiger partial charge in [-0.3, -0.25) is 4.90 Å². The van der Waals surface area contributed by atoms with E-state index in [1.54, 1.807) is 39.0 Å². The first-order valence-corrected chi connectivity index (χ1v) is 8.67. The van der Waals surface area contributed by atoms with E-state index in [0.717, 1.165) is 5.56 Å². The van der Waals surface area contributed by atoms with Crippen LogP contribution in [0.4, 0.5) is 4.79 Å². The molecule has 2 rings (SSSR count). The summed E-state index contributed by atoms with van der Waals surface area (Å²) in [4.78, 5) is 25.8. The number of hydrogen-bond donors (Lipinski definition) is 2. The molecule has 1 aromatic rings. The van der Waals surface area contributed by atoms with E-state index in [1.165, 1.54) is 0 Å². The van der Waals surface area contributed by atoms with Crippen molar-refractivity contribution in [2.45, 2.75) is 44.9 Å². The zero-order valence-corrected chi connectivity index (χ0v) is 15.9. The number of aliphatic carboxylic acids is 1. The second kappa shape index (κ2) is 7.40. The second-order valence-corrected chi connectivity index (χ2v) is 8.05. The molecule has 1 aliphatic heterocycles. The fourth-order valence-corrected chi connectivity index (χ4v) is 3.13. The predicted octanol–water partition coefficient (Wildman–Crippen LogP) is 3.55. The van der Waals surface area contributed by atoms with Gasteiger partial charge in [0.25, 0.3) is 0 Å². The molecule has 1 aliphatic rings. The summed E-state index contributed by atoms with van der Waals surface area (Å²) in [6.45, 7) is 6.28. The summed E-state index contributed by atoms with van der Waals surface area (Å²) < 4.78 is 5.19. The minimum atomic E-state index is -1.38. The molecule has 1 amide bonds. The number of ether oxygens (including phenoxy) is 1. The van der Waals surface area contributed by atoms with E-state index in [-0.39, 0.29) is 13.0 Å². The Kier molecular flexibility index (Phi) is 5.86. The molecule has 1 unspecified atom stereocenters. The van der Waals surface area contributed by atoms with Gasteiger partial charge in [0.2, 0.25) is 0 Å². The lowest BCUT2D eigenvalue weighted by atomic mass is 9.99. The fourth-order valence-electron chi connectivity index (χ4n) is 2.76. The third-order valence-corrected chi connectivity index (χ3v) is 4.50. The number of benzene rings is 1. The molecule has 1 aromatic carbocycles. The summed E-state index contributed by atoms with van der Waals surface area (Å²) in [5.41, 5.74) is -1.27. The molecule has 1 saturated heterocycles. The van der Waals surface area contributed by atoms with Crippen LogP contribution in [0.1, 0.15) is 32.8 Å². The maximum atomic E-state index is 12.0. The maximum Gasteiger partial charge on any atom is 0.408 e. The zero-order chi connectivity index (χ0) is 18.8. The van der Waals surface area contributed by atoms with Crippen molar-refractivity contribution in [3.05, 3.63) is 33.8 Å². The van der Waals surface area contributed by atoms with Crippen molar-refractivity contribution in [1.82, 2.24) is 10.2 Å². The number of rotatable bonds is 4. The molecule has 2 N–H and O–H groups in total. The Balaban J connectivity index is 2.09. The molecular formula is C17H22Cl2N2O4. The van der Waals surface area contributed by atoms with Crippen molar-refractivity contribution >= 4 is 35.3 Å². The maximum absolute atomic E-state index is 12.0. The lowest BCUT2D eigenvalue weighted by Gasteiger charge is -2.28. The Hall–Kier alpha value is -1.50. The highest BCUT2D eigenvalue weighted by atomic mass is 35.5. The summed E-state index contributed by atoms with van der Waals surface area (Å²) in [6, 6.07) is 5.16. The molecule has 25 heavy (non-hydrogen) atoms. The minimum absolute atomic E-state index is 0.157. The van der Waals surface area contributed by atoms with Crippen LogP contribution < -0.4 is 5.32 Å². The number of amides is 1. The summed E-state index contributed by atoms with van der Waals surface area (Å²) in [7, 11) is 0. The predicted molar refractivity (Wildman–Crippen MR) is 96.1 cm³/mol. The van der Waals surface area contributed by atoms with Crippen molar-refractivity contribution in [1.29, 1.82) is 0 Å². The van der Waals surface area contributed by atoms with Gasteiger partial charge in [-0.25, -0.2) is 9.59 Å². The van der Waals surface area contributed by atoms with Gasteiger partial charge in [-0.15, -0.1) is 0 Å². The minimum Gasteiger partial charge on any atom is -0.479 e. The van der Waals surface area contributed by atoms with E-state index in [1.807, 2.05) is 4.90 Å². The van der Waals surface area contributed by atoms with Gasteiger partial charge in [0.1, 0.15) is 5.60 Å². The normalized spacial score (nSPS) is 21.2. The summed E-state index contributed by atoms with van der Waals surface area (Å²) >= 11 is 12.2. The van der Waals surface area contributed by atoms with Crippen LogP contribution >= 0.6 is 23.2 Å². The average Bonchev–Trinajstić information content (AvgIpc) is 2.85. The van der Waals surface area contributed by atoms with Gasteiger partial charge in [-0.1, -0.05) is 23.2 Å². The Labute approximate surface area is 157 Å². The van der Waals surface area contributed by atoms with Crippen LogP contribution in [0.25, 0.3) is 0 Å². The van der Waals surface area contributed by atoms with Gasteiger partial charge in [-0.2, -0.15) is 0 Å². The van der Waals surface area contributed by atoms with Crippen molar-refractivity contribution in [3.8, 4) is 0 Å². The molecule has 1 fully saturated rings. The highest BCUT2D eigenvalue weighted by molar-refractivity contribution is 6.33. The molecule has 1 heterocycles. The fraction of sp³-hybridized carbons (Fsp3) is 0.529. The highest BCUT2D eigenvalue weighted by Gasteiger charge is 2.47. The lowest BCUT2D eigenvalue weighted by Crippen LogP contribution is -2.57. The molecule has 1 atom stereocenters. The Morgan fingerprint density at radius 1 is 1.36 bits per heavy atom. The van der Waals surface area contributed by atoms with Gasteiger partial charge in [-0.05, 0) is 51.0 Å². The number of likely N-dealkylation sites (tertiary alicyclic amines) is 1. The molecule has 6 nitrogen and oxygen atoms in total.